The predicted octanol–water partition coefficient (Wildman–Crippen LogP) is 6.79. The summed E-state index contributed by atoms with van der Waals surface area (Å²) in [6.45, 7) is 14.8. The van der Waals surface area contributed by atoms with Crippen molar-refractivity contribution in [3.05, 3.63) is 47.5 Å². The monoisotopic (exact) mass is 341 g/mol. The second-order valence-electron chi connectivity index (χ2n) is 8.10. The molecule has 0 aliphatic carbocycles. The summed E-state index contributed by atoms with van der Waals surface area (Å²) in [6, 6.07) is 10.6. The molecule has 0 spiro atoms. The zero-order valence-corrected chi connectivity index (χ0v) is 16.9. The van der Waals surface area contributed by atoms with E-state index in [4.69, 9.17) is 10.8 Å². The molecule has 0 radical (unpaired) electrons. The molecule has 25 heavy (non-hydrogen) atoms. The first-order valence-electron chi connectivity index (χ1n) is 9.56. The Balaban J connectivity index is 2.85. The van der Waals surface area contributed by atoms with Gasteiger partial charge < -0.3 is 9.47 Å². The zero-order chi connectivity index (χ0) is 19.6. The van der Waals surface area contributed by atoms with Gasteiger partial charge in [-0.15, -0.1) is 0 Å². The van der Waals surface area contributed by atoms with Crippen LogP contribution in [-0.2, 0) is 0 Å². The summed E-state index contributed by atoms with van der Waals surface area (Å²) in [5.74, 6) is 1.99. The molecule has 0 saturated heterocycles. The molecule has 2 heteroatoms. The molecule has 0 unspecified atom stereocenters. The molecule has 0 N–H and O–H groups in total. The molecule has 2 aromatic rings. The number of rotatable bonds is 5. The lowest BCUT2D eigenvalue weighted by atomic mass is 9.84. The van der Waals surface area contributed by atoms with Crippen LogP contribution in [0.1, 0.15) is 72.8 Å². The van der Waals surface area contributed by atoms with E-state index in [2.05, 4.69) is 45.9 Å². The van der Waals surface area contributed by atoms with E-state index in [9.17, 15) is 0 Å². The van der Waals surface area contributed by atoms with Crippen molar-refractivity contribution in [1.29, 1.82) is 0 Å². The Labute approximate surface area is 154 Å². The van der Waals surface area contributed by atoms with Gasteiger partial charge in [0.1, 0.15) is 17.1 Å². The Kier molecular flexibility index (Phi) is 5.36. The van der Waals surface area contributed by atoms with Gasteiger partial charge >= 0.3 is 0 Å². The third-order valence-electron chi connectivity index (χ3n) is 4.14. The van der Waals surface area contributed by atoms with Gasteiger partial charge in [-0.3, -0.25) is 0 Å². The number of hydrogen-bond acceptors (Lipinski definition) is 2. The van der Waals surface area contributed by atoms with Gasteiger partial charge in [0.05, 0.1) is 8.48 Å². The van der Waals surface area contributed by atoms with E-state index in [0.717, 1.165) is 11.1 Å². The molecule has 0 aliphatic heterocycles. The van der Waals surface area contributed by atoms with Crippen LogP contribution in [0.2, 0.25) is 0 Å². The van der Waals surface area contributed by atoms with Gasteiger partial charge in [-0.25, -0.2) is 0 Å². The smallest absolute Gasteiger partial charge is 0.126 e. The van der Waals surface area contributed by atoms with Crippen LogP contribution in [0.15, 0.2) is 36.4 Å². The van der Waals surface area contributed by atoms with Crippen molar-refractivity contribution in [2.45, 2.75) is 65.9 Å². The first-order chi connectivity index (χ1) is 12.1. The van der Waals surface area contributed by atoms with E-state index in [1.54, 1.807) is 7.11 Å². The highest BCUT2D eigenvalue weighted by atomic mass is 16.5. The Hall–Kier alpha value is -1.96. The van der Waals surface area contributed by atoms with Gasteiger partial charge in [-0.05, 0) is 67.5 Å². The van der Waals surface area contributed by atoms with Crippen LogP contribution in [0.25, 0.3) is 11.1 Å². The summed E-state index contributed by atoms with van der Waals surface area (Å²) in [5.41, 5.74) is 4.04. The molecule has 2 nitrogen and oxygen atoms in total. The molecule has 2 rings (SSSR count). The van der Waals surface area contributed by atoms with Crippen molar-refractivity contribution < 1.29 is 10.8 Å². The highest BCUT2D eigenvalue weighted by molar-refractivity contribution is 5.78. The predicted molar refractivity (Wildman–Crippen MR) is 107 cm³/mol. The van der Waals surface area contributed by atoms with Crippen molar-refractivity contribution in [2.75, 3.05) is 7.11 Å². The quantitative estimate of drug-likeness (QED) is 0.596. The third kappa shape index (κ3) is 4.56. The standard InChI is InChI=1S/C23H32O2/c1-15(2)18-10-9-11-19(16(3)4)22(18)20-14-17(25-23(5,6)7)12-13-21(20)24-8/h9-16H,1-8H3/i14D. The van der Waals surface area contributed by atoms with Crippen LogP contribution in [-0.4, -0.2) is 12.7 Å². The van der Waals surface area contributed by atoms with E-state index in [1.807, 2.05) is 32.9 Å². The third-order valence-corrected chi connectivity index (χ3v) is 4.14. The molecule has 0 saturated carbocycles. The number of ether oxygens (including phenoxy) is 2. The maximum Gasteiger partial charge on any atom is 0.126 e. The Morgan fingerprint density at radius 1 is 0.920 bits per heavy atom. The van der Waals surface area contributed by atoms with Gasteiger partial charge in [0.15, 0.2) is 0 Å². The fourth-order valence-corrected chi connectivity index (χ4v) is 3.05. The molecule has 0 atom stereocenters. The van der Waals surface area contributed by atoms with Crippen molar-refractivity contribution >= 4 is 0 Å². The highest BCUT2D eigenvalue weighted by Gasteiger charge is 2.20. The minimum absolute atomic E-state index is 0.347. The van der Waals surface area contributed by atoms with Crippen molar-refractivity contribution in [3.8, 4) is 22.6 Å². The number of hydrogen-bond donors (Lipinski definition) is 0. The van der Waals surface area contributed by atoms with Crippen LogP contribution in [0, 0.1) is 0 Å². The summed E-state index contributed by atoms with van der Waals surface area (Å²) in [4.78, 5) is 0. The first-order valence-corrected chi connectivity index (χ1v) is 9.06. The van der Waals surface area contributed by atoms with E-state index >= 15 is 0 Å². The average molecular weight is 342 g/mol. The minimum atomic E-state index is -0.361. The lowest BCUT2D eigenvalue weighted by molar-refractivity contribution is 0.131. The van der Waals surface area contributed by atoms with Crippen LogP contribution in [0.5, 0.6) is 11.5 Å². The molecule has 0 aliphatic rings. The lowest BCUT2D eigenvalue weighted by Crippen LogP contribution is -2.22. The van der Waals surface area contributed by atoms with Crippen molar-refractivity contribution in [1.82, 2.24) is 0 Å². The molecule has 2 aromatic carbocycles. The SMILES string of the molecule is [2H]c1c(OC(C)(C)C)ccc(OC)c1-c1c(C(C)C)cccc1C(C)C. The zero-order valence-electron chi connectivity index (χ0n) is 17.9. The van der Waals surface area contributed by atoms with Gasteiger partial charge in [-0.1, -0.05) is 45.9 Å². The normalized spacial score (nSPS) is 12.5. The summed E-state index contributed by atoms with van der Waals surface area (Å²) in [7, 11) is 1.66. The van der Waals surface area contributed by atoms with Crippen LogP contribution < -0.4 is 9.47 Å². The molecule has 136 valence electrons. The molecule has 0 bridgehead atoms. The number of methoxy groups -OCH3 is 1. The van der Waals surface area contributed by atoms with Crippen molar-refractivity contribution in [3.63, 3.8) is 0 Å². The second-order valence-corrected chi connectivity index (χ2v) is 8.10. The van der Waals surface area contributed by atoms with Gasteiger partial charge in [0.2, 0.25) is 0 Å². The summed E-state index contributed by atoms with van der Waals surface area (Å²) in [5, 5.41) is 0. The maximum absolute atomic E-state index is 8.88. The average Bonchev–Trinajstić information content (AvgIpc) is 2.54. The van der Waals surface area contributed by atoms with E-state index in [1.165, 1.54) is 11.1 Å². The fourth-order valence-electron chi connectivity index (χ4n) is 3.05. The minimum Gasteiger partial charge on any atom is -0.496 e. The van der Waals surface area contributed by atoms with Crippen LogP contribution >= 0.6 is 0 Å². The summed E-state index contributed by atoms with van der Waals surface area (Å²) >= 11 is 0. The van der Waals surface area contributed by atoms with Gasteiger partial charge in [-0.2, -0.15) is 0 Å². The largest absolute Gasteiger partial charge is 0.496 e. The fraction of sp³-hybridized carbons (Fsp3) is 0.478. The van der Waals surface area contributed by atoms with Gasteiger partial charge in [0.25, 0.3) is 0 Å². The van der Waals surface area contributed by atoms with Gasteiger partial charge in [0, 0.05) is 5.56 Å². The summed E-state index contributed by atoms with van der Waals surface area (Å²) in [6.07, 6.45) is 0. The molecular formula is C23H32O2. The van der Waals surface area contributed by atoms with E-state index in [-0.39, 0.29) is 5.60 Å². The molecule has 0 heterocycles. The number of benzene rings is 2. The Morgan fingerprint density at radius 2 is 1.48 bits per heavy atom. The van der Waals surface area contributed by atoms with Crippen LogP contribution in [0.3, 0.4) is 0 Å². The van der Waals surface area contributed by atoms with Crippen molar-refractivity contribution in [2.24, 2.45) is 0 Å². The topological polar surface area (TPSA) is 18.5 Å². The molecule has 0 fully saturated rings. The first kappa shape index (κ1) is 17.8. The Morgan fingerprint density at radius 3 is 1.92 bits per heavy atom. The molecule has 0 aromatic heterocycles. The summed E-state index contributed by atoms with van der Waals surface area (Å²) < 4.78 is 20.6. The molecular weight excluding hydrogens is 308 g/mol. The molecule has 0 amide bonds. The van der Waals surface area contributed by atoms with E-state index in [0.29, 0.717) is 29.4 Å². The lowest BCUT2D eigenvalue weighted by Gasteiger charge is -2.24. The maximum atomic E-state index is 8.88. The Bertz CT molecular complexity index is 744. The van der Waals surface area contributed by atoms with E-state index < -0.39 is 0 Å². The highest BCUT2D eigenvalue weighted by Crippen LogP contribution is 2.42. The second kappa shape index (κ2) is 7.51. The van der Waals surface area contributed by atoms with Crippen LogP contribution in [0.4, 0.5) is 0 Å².